The van der Waals surface area contributed by atoms with E-state index >= 15 is 0 Å². The summed E-state index contributed by atoms with van der Waals surface area (Å²) in [4.78, 5) is 0. The van der Waals surface area contributed by atoms with Gasteiger partial charge in [0, 0.05) is 16.6 Å². The van der Waals surface area contributed by atoms with Crippen LogP contribution in [-0.4, -0.2) is 13.2 Å². The Morgan fingerprint density at radius 2 is 1.86 bits per heavy atom. The summed E-state index contributed by atoms with van der Waals surface area (Å²) in [5, 5.41) is 3.65. The van der Waals surface area contributed by atoms with E-state index in [2.05, 4.69) is 71.5 Å². The molecule has 0 radical (unpaired) electrons. The van der Waals surface area contributed by atoms with Crippen molar-refractivity contribution in [1.82, 2.24) is 5.32 Å². The van der Waals surface area contributed by atoms with E-state index in [1.807, 2.05) is 12.1 Å². The Hall–Kier alpha value is -1.32. The molecule has 3 heteroatoms. The summed E-state index contributed by atoms with van der Waals surface area (Å²) in [6.45, 7) is 4.40. The highest BCUT2D eigenvalue weighted by Crippen LogP contribution is 2.21. The van der Waals surface area contributed by atoms with Crippen molar-refractivity contribution in [1.29, 1.82) is 0 Å². The summed E-state index contributed by atoms with van der Waals surface area (Å²) in [5.74, 6) is 0.959. The summed E-state index contributed by atoms with van der Waals surface area (Å²) in [6.07, 6.45) is 0.947. The largest absolute Gasteiger partial charge is 0.496 e. The van der Waals surface area contributed by atoms with Crippen LogP contribution in [0.5, 0.6) is 5.75 Å². The van der Waals surface area contributed by atoms with Gasteiger partial charge in [0.2, 0.25) is 0 Å². The minimum absolute atomic E-state index is 0.312. The number of methoxy groups -OCH3 is 1. The summed E-state index contributed by atoms with van der Waals surface area (Å²) in [5.41, 5.74) is 2.53. The van der Waals surface area contributed by atoms with Crippen LogP contribution in [-0.2, 0) is 6.42 Å². The fourth-order valence-electron chi connectivity index (χ4n) is 2.56. The molecule has 1 N–H and O–H groups in total. The zero-order chi connectivity index (χ0) is 15.2. The lowest BCUT2D eigenvalue weighted by molar-refractivity contribution is 0.403. The molecule has 0 saturated heterocycles. The molecule has 0 saturated carbocycles. The third kappa shape index (κ3) is 4.58. The summed E-state index contributed by atoms with van der Waals surface area (Å²) in [7, 11) is 1.72. The van der Waals surface area contributed by atoms with E-state index in [0.29, 0.717) is 12.1 Å². The van der Waals surface area contributed by atoms with E-state index in [9.17, 15) is 0 Å². The number of rotatable bonds is 6. The summed E-state index contributed by atoms with van der Waals surface area (Å²) in [6, 6.07) is 17.3. The molecule has 21 heavy (non-hydrogen) atoms. The van der Waals surface area contributed by atoms with Crippen LogP contribution in [0.2, 0.25) is 0 Å². The van der Waals surface area contributed by atoms with Crippen LogP contribution >= 0.6 is 15.9 Å². The molecule has 0 spiro atoms. The van der Waals surface area contributed by atoms with Crippen LogP contribution in [0.1, 0.15) is 31.0 Å². The normalized spacial score (nSPS) is 13.7. The van der Waals surface area contributed by atoms with Gasteiger partial charge in [-0.3, -0.25) is 0 Å². The Balaban J connectivity index is 1.99. The maximum absolute atomic E-state index is 5.42. The molecule has 0 aliphatic heterocycles. The smallest absolute Gasteiger partial charge is 0.122 e. The molecule has 0 aromatic heterocycles. The molecule has 0 fully saturated rings. The molecule has 112 valence electrons. The second-order valence-corrected chi connectivity index (χ2v) is 6.28. The second-order valence-electron chi connectivity index (χ2n) is 5.36. The molecular weight excluding hydrogens is 326 g/mol. The molecule has 2 aromatic rings. The third-order valence-electron chi connectivity index (χ3n) is 3.60. The van der Waals surface area contributed by atoms with Gasteiger partial charge < -0.3 is 10.1 Å². The van der Waals surface area contributed by atoms with Gasteiger partial charge in [-0.05, 0) is 49.6 Å². The van der Waals surface area contributed by atoms with Gasteiger partial charge in [0.15, 0.2) is 0 Å². The average molecular weight is 348 g/mol. The van der Waals surface area contributed by atoms with E-state index < -0.39 is 0 Å². The van der Waals surface area contributed by atoms with Gasteiger partial charge in [0.1, 0.15) is 5.75 Å². The number of benzene rings is 2. The van der Waals surface area contributed by atoms with Crippen molar-refractivity contribution < 1.29 is 4.74 Å². The lowest BCUT2D eigenvalue weighted by atomic mass is 10.0. The average Bonchev–Trinajstić information content (AvgIpc) is 2.47. The van der Waals surface area contributed by atoms with Crippen molar-refractivity contribution in [2.75, 3.05) is 7.11 Å². The first-order valence-corrected chi connectivity index (χ1v) is 8.03. The van der Waals surface area contributed by atoms with Gasteiger partial charge in [-0.2, -0.15) is 0 Å². The maximum atomic E-state index is 5.42. The lowest BCUT2D eigenvalue weighted by Crippen LogP contribution is -2.30. The van der Waals surface area contributed by atoms with Gasteiger partial charge in [-0.15, -0.1) is 0 Å². The number of nitrogens with one attached hydrogen (secondary N) is 1. The first-order valence-electron chi connectivity index (χ1n) is 7.23. The Kier molecular flexibility index (Phi) is 5.83. The van der Waals surface area contributed by atoms with E-state index in [-0.39, 0.29) is 0 Å². The van der Waals surface area contributed by atoms with Gasteiger partial charge in [0.05, 0.1) is 7.11 Å². The Labute approximate surface area is 135 Å². The fourth-order valence-corrected chi connectivity index (χ4v) is 2.98. The molecule has 0 aliphatic carbocycles. The van der Waals surface area contributed by atoms with Crippen LogP contribution in [0.3, 0.4) is 0 Å². The SMILES string of the molecule is COc1ccccc1CC(C)N[C@@H](C)c1cccc(Br)c1. The molecule has 0 amide bonds. The van der Waals surface area contributed by atoms with Crippen LogP contribution in [0.25, 0.3) is 0 Å². The number of halogens is 1. The fraction of sp³-hybridized carbons (Fsp3) is 0.333. The highest BCUT2D eigenvalue weighted by molar-refractivity contribution is 9.10. The van der Waals surface area contributed by atoms with Crippen molar-refractivity contribution in [3.63, 3.8) is 0 Å². The predicted molar refractivity (Wildman–Crippen MR) is 91.9 cm³/mol. The summed E-state index contributed by atoms with van der Waals surface area (Å²) < 4.78 is 6.53. The quantitative estimate of drug-likeness (QED) is 0.814. The van der Waals surface area contributed by atoms with Crippen LogP contribution in [0, 0.1) is 0 Å². The molecule has 2 aromatic carbocycles. The molecule has 0 aliphatic rings. The van der Waals surface area contributed by atoms with Crippen molar-refractivity contribution in [2.45, 2.75) is 32.4 Å². The van der Waals surface area contributed by atoms with Crippen molar-refractivity contribution in [2.24, 2.45) is 0 Å². The molecular formula is C18H22BrNO. The van der Waals surface area contributed by atoms with E-state index in [4.69, 9.17) is 4.74 Å². The molecule has 2 rings (SSSR count). The van der Waals surface area contributed by atoms with Crippen LogP contribution < -0.4 is 10.1 Å². The Bertz CT molecular complexity index is 585. The van der Waals surface area contributed by atoms with E-state index in [1.54, 1.807) is 7.11 Å². The predicted octanol–water partition coefficient (Wildman–Crippen LogP) is 4.74. The first-order chi connectivity index (χ1) is 10.1. The molecule has 0 bridgehead atoms. The van der Waals surface area contributed by atoms with Crippen molar-refractivity contribution in [3.05, 3.63) is 64.1 Å². The standard InChI is InChI=1S/C18H22BrNO/c1-13(11-16-7-4-5-10-18(16)21-3)20-14(2)15-8-6-9-17(19)12-15/h4-10,12-14,20H,11H2,1-3H3/t13?,14-/m0/s1. The number of ether oxygens (including phenoxy) is 1. The third-order valence-corrected chi connectivity index (χ3v) is 4.10. The van der Waals surface area contributed by atoms with Crippen LogP contribution in [0.4, 0.5) is 0 Å². The highest BCUT2D eigenvalue weighted by atomic mass is 79.9. The maximum Gasteiger partial charge on any atom is 0.122 e. The first kappa shape index (κ1) is 16.1. The van der Waals surface area contributed by atoms with E-state index in [0.717, 1.165) is 16.6 Å². The Morgan fingerprint density at radius 1 is 1.10 bits per heavy atom. The number of hydrogen-bond donors (Lipinski definition) is 1. The Morgan fingerprint density at radius 3 is 2.57 bits per heavy atom. The monoisotopic (exact) mass is 347 g/mol. The second kappa shape index (κ2) is 7.62. The molecule has 2 nitrogen and oxygen atoms in total. The van der Waals surface area contributed by atoms with Crippen LogP contribution in [0.15, 0.2) is 53.0 Å². The lowest BCUT2D eigenvalue weighted by Gasteiger charge is -2.21. The minimum atomic E-state index is 0.312. The van der Waals surface area contributed by atoms with Gasteiger partial charge in [0.25, 0.3) is 0 Å². The zero-order valence-electron chi connectivity index (χ0n) is 12.8. The zero-order valence-corrected chi connectivity index (χ0v) is 14.4. The molecule has 0 heterocycles. The van der Waals surface area contributed by atoms with Gasteiger partial charge >= 0.3 is 0 Å². The number of para-hydroxylation sites is 1. The highest BCUT2D eigenvalue weighted by Gasteiger charge is 2.12. The topological polar surface area (TPSA) is 21.3 Å². The minimum Gasteiger partial charge on any atom is -0.496 e. The van der Waals surface area contributed by atoms with Gasteiger partial charge in [-0.1, -0.05) is 46.3 Å². The summed E-state index contributed by atoms with van der Waals surface area (Å²) >= 11 is 3.53. The van der Waals surface area contributed by atoms with Crippen molar-refractivity contribution >= 4 is 15.9 Å². The van der Waals surface area contributed by atoms with E-state index in [1.165, 1.54) is 11.1 Å². The molecule has 2 atom stereocenters. The van der Waals surface area contributed by atoms with Gasteiger partial charge in [-0.25, -0.2) is 0 Å². The van der Waals surface area contributed by atoms with Crippen molar-refractivity contribution in [3.8, 4) is 5.75 Å². The molecule has 1 unspecified atom stereocenters. The number of hydrogen-bond acceptors (Lipinski definition) is 2.